The number of rotatable bonds is 2. The summed E-state index contributed by atoms with van der Waals surface area (Å²) < 4.78 is 1.36. The number of aliphatic hydroxyl groups excluding tert-OH is 3. The molecule has 6 nitrogen and oxygen atoms in total. The lowest BCUT2D eigenvalue weighted by molar-refractivity contribution is -0.00395. The first-order valence-corrected chi connectivity index (χ1v) is 7.26. The molecule has 4 atom stereocenters. The lowest BCUT2D eigenvalue weighted by Gasteiger charge is -2.18. The number of fused-ring (bicyclic) bond motifs is 1. The number of aromatic nitrogens is 2. The smallest absolute Gasteiger partial charge is 0.326 e. The molecule has 1 saturated carbocycles. The third-order valence-corrected chi connectivity index (χ3v) is 4.82. The minimum Gasteiger partial charge on any atom is -0.396 e. The molecule has 1 aromatic carbocycles. The summed E-state index contributed by atoms with van der Waals surface area (Å²) in [5, 5.41) is 29.9. The molecule has 1 heterocycles. The standard InChI is InChI=1S/C13H14Cl2N2O4/c14-6-2-8-9(3-7(6)15)17(13(21)16-8)10-1-5(4-18)11(19)12(10)20/h2-3,5,10-12,18-20H,1,4H2,(H,16,21)/t5-,10-,11-,12+/m1/s1. The van der Waals surface area contributed by atoms with Crippen LogP contribution >= 0.6 is 23.2 Å². The van der Waals surface area contributed by atoms with Gasteiger partial charge in [0.05, 0.1) is 33.2 Å². The Balaban J connectivity index is 2.15. The van der Waals surface area contributed by atoms with E-state index in [1.807, 2.05) is 0 Å². The van der Waals surface area contributed by atoms with Crippen LogP contribution in [0.25, 0.3) is 11.0 Å². The zero-order valence-corrected chi connectivity index (χ0v) is 12.3. The second-order valence-corrected chi connectivity index (χ2v) is 6.12. The van der Waals surface area contributed by atoms with Gasteiger partial charge >= 0.3 is 5.69 Å². The van der Waals surface area contributed by atoms with Crippen LogP contribution in [0.1, 0.15) is 12.5 Å². The van der Waals surface area contributed by atoms with E-state index in [1.165, 1.54) is 4.57 Å². The molecule has 0 aliphatic heterocycles. The van der Waals surface area contributed by atoms with Crippen molar-refractivity contribution in [1.82, 2.24) is 9.55 Å². The van der Waals surface area contributed by atoms with Gasteiger partial charge in [-0.1, -0.05) is 23.2 Å². The maximum absolute atomic E-state index is 12.2. The first kappa shape index (κ1) is 14.9. The summed E-state index contributed by atoms with van der Waals surface area (Å²) in [7, 11) is 0. The number of nitrogens with zero attached hydrogens (tertiary/aromatic N) is 1. The van der Waals surface area contributed by atoms with Crippen molar-refractivity contribution in [2.75, 3.05) is 6.61 Å². The summed E-state index contributed by atoms with van der Waals surface area (Å²) in [6.45, 7) is -0.252. The fourth-order valence-electron chi connectivity index (χ4n) is 2.99. The summed E-state index contributed by atoms with van der Waals surface area (Å²) in [6.07, 6.45) is -1.90. The first-order valence-electron chi connectivity index (χ1n) is 6.50. The third-order valence-electron chi connectivity index (χ3n) is 4.10. The number of aliphatic hydroxyl groups is 3. The highest BCUT2D eigenvalue weighted by Crippen LogP contribution is 2.37. The number of nitrogens with one attached hydrogen (secondary N) is 1. The van der Waals surface area contributed by atoms with Crippen molar-refractivity contribution in [2.24, 2.45) is 5.92 Å². The van der Waals surface area contributed by atoms with Crippen LogP contribution in [0, 0.1) is 5.92 Å². The number of aromatic amines is 1. The lowest BCUT2D eigenvalue weighted by atomic mass is 10.1. The largest absolute Gasteiger partial charge is 0.396 e. The summed E-state index contributed by atoms with van der Waals surface area (Å²) in [4.78, 5) is 14.8. The number of hydrogen-bond donors (Lipinski definition) is 4. The van der Waals surface area contributed by atoms with E-state index in [0.717, 1.165) is 0 Å². The Morgan fingerprint density at radius 3 is 2.52 bits per heavy atom. The topological polar surface area (TPSA) is 98.5 Å². The molecular formula is C13H14Cl2N2O4. The van der Waals surface area contributed by atoms with Crippen molar-refractivity contribution in [2.45, 2.75) is 24.7 Å². The molecule has 1 aliphatic rings. The normalized spacial score (nSPS) is 29.4. The van der Waals surface area contributed by atoms with E-state index in [-0.39, 0.29) is 6.61 Å². The van der Waals surface area contributed by atoms with E-state index < -0.39 is 29.9 Å². The zero-order valence-electron chi connectivity index (χ0n) is 10.8. The van der Waals surface area contributed by atoms with E-state index in [9.17, 15) is 20.1 Å². The van der Waals surface area contributed by atoms with Gasteiger partial charge in [0, 0.05) is 12.5 Å². The third kappa shape index (κ3) is 2.27. The molecular weight excluding hydrogens is 319 g/mol. The highest BCUT2D eigenvalue weighted by molar-refractivity contribution is 6.42. The summed E-state index contributed by atoms with van der Waals surface area (Å²) in [5.41, 5.74) is 0.589. The van der Waals surface area contributed by atoms with Crippen LogP contribution in [0.5, 0.6) is 0 Å². The van der Waals surface area contributed by atoms with Crippen molar-refractivity contribution >= 4 is 34.2 Å². The van der Waals surface area contributed by atoms with Gasteiger partial charge in [0.2, 0.25) is 0 Å². The maximum Gasteiger partial charge on any atom is 0.326 e. The lowest BCUT2D eigenvalue weighted by Crippen LogP contribution is -2.33. The number of hydrogen-bond acceptors (Lipinski definition) is 4. The molecule has 1 fully saturated rings. The molecule has 0 radical (unpaired) electrons. The van der Waals surface area contributed by atoms with Gasteiger partial charge in [0.15, 0.2) is 0 Å². The van der Waals surface area contributed by atoms with Crippen LogP contribution in [0.2, 0.25) is 10.0 Å². The quantitative estimate of drug-likeness (QED) is 0.657. The summed E-state index contributed by atoms with van der Waals surface area (Å²) in [5.74, 6) is -0.468. The van der Waals surface area contributed by atoms with Gasteiger partial charge in [0.25, 0.3) is 0 Å². The Morgan fingerprint density at radius 2 is 1.90 bits per heavy atom. The molecule has 2 aromatic rings. The fraction of sp³-hybridized carbons (Fsp3) is 0.462. The predicted octanol–water partition coefficient (Wildman–Crippen LogP) is 0.911. The van der Waals surface area contributed by atoms with Crippen molar-refractivity contribution < 1.29 is 15.3 Å². The first-order chi connectivity index (χ1) is 9.93. The van der Waals surface area contributed by atoms with Gasteiger partial charge in [-0.2, -0.15) is 0 Å². The Kier molecular flexibility index (Phi) is 3.75. The SMILES string of the molecule is O=c1[nH]c2cc(Cl)c(Cl)cc2n1[C@@H]1C[C@H](CO)[C@@H](O)[C@H]1O. The van der Waals surface area contributed by atoms with Crippen molar-refractivity contribution in [3.8, 4) is 0 Å². The Hall–Kier alpha value is -1.05. The van der Waals surface area contributed by atoms with E-state index >= 15 is 0 Å². The molecule has 0 amide bonds. The summed E-state index contributed by atoms with van der Waals surface area (Å²) in [6, 6.07) is 2.46. The van der Waals surface area contributed by atoms with Crippen LogP contribution in [0.3, 0.4) is 0 Å². The fourth-order valence-corrected chi connectivity index (χ4v) is 3.31. The van der Waals surface area contributed by atoms with Crippen molar-refractivity contribution in [1.29, 1.82) is 0 Å². The van der Waals surface area contributed by atoms with Crippen LogP contribution in [0.15, 0.2) is 16.9 Å². The molecule has 3 rings (SSSR count). The minimum atomic E-state index is -1.13. The number of halogens is 2. The van der Waals surface area contributed by atoms with Crippen LogP contribution < -0.4 is 5.69 Å². The van der Waals surface area contributed by atoms with Crippen molar-refractivity contribution in [3.05, 3.63) is 32.7 Å². The Labute approximate surface area is 129 Å². The molecule has 21 heavy (non-hydrogen) atoms. The van der Waals surface area contributed by atoms with Gasteiger partial charge in [-0.3, -0.25) is 4.57 Å². The van der Waals surface area contributed by atoms with E-state index in [1.54, 1.807) is 12.1 Å². The molecule has 0 saturated heterocycles. The molecule has 0 spiro atoms. The second kappa shape index (κ2) is 5.30. The zero-order chi connectivity index (χ0) is 15.3. The summed E-state index contributed by atoms with van der Waals surface area (Å²) >= 11 is 11.9. The number of imidazole rings is 1. The molecule has 1 aromatic heterocycles. The van der Waals surface area contributed by atoms with Crippen LogP contribution in [-0.2, 0) is 0 Å². The molecule has 4 N–H and O–H groups in total. The van der Waals surface area contributed by atoms with E-state index in [0.29, 0.717) is 27.5 Å². The van der Waals surface area contributed by atoms with Crippen LogP contribution in [-0.4, -0.2) is 43.7 Å². The van der Waals surface area contributed by atoms with E-state index in [4.69, 9.17) is 23.2 Å². The highest BCUT2D eigenvalue weighted by atomic mass is 35.5. The van der Waals surface area contributed by atoms with Gasteiger partial charge in [0.1, 0.15) is 6.10 Å². The monoisotopic (exact) mass is 332 g/mol. The molecule has 0 unspecified atom stereocenters. The number of benzene rings is 1. The average molecular weight is 333 g/mol. The average Bonchev–Trinajstić information content (AvgIpc) is 2.89. The second-order valence-electron chi connectivity index (χ2n) is 5.31. The molecule has 114 valence electrons. The molecule has 8 heteroatoms. The molecule has 1 aliphatic carbocycles. The maximum atomic E-state index is 12.2. The number of H-pyrrole nitrogens is 1. The van der Waals surface area contributed by atoms with E-state index in [2.05, 4.69) is 4.98 Å². The van der Waals surface area contributed by atoms with Crippen molar-refractivity contribution in [3.63, 3.8) is 0 Å². The van der Waals surface area contributed by atoms with Gasteiger partial charge < -0.3 is 20.3 Å². The Bertz CT molecular complexity index is 742. The Morgan fingerprint density at radius 1 is 1.24 bits per heavy atom. The predicted molar refractivity (Wildman–Crippen MR) is 78.8 cm³/mol. The van der Waals surface area contributed by atoms with Gasteiger partial charge in [-0.15, -0.1) is 0 Å². The van der Waals surface area contributed by atoms with Gasteiger partial charge in [-0.05, 0) is 18.6 Å². The molecule has 0 bridgehead atoms. The van der Waals surface area contributed by atoms with Gasteiger partial charge in [-0.25, -0.2) is 4.79 Å². The highest BCUT2D eigenvalue weighted by Gasteiger charge is 2.43. The minimum absolute atomic E-state index is 0.252. The van der Waals surface area contributed by atoms with Crippen LogP contribution in [0.4, 0.5) is 0 Å².